The predicted molar refractivity (Wildman–Crippen MR) is 95.5 cm³/mol. The van der Waals surface area contributed by atoms with Gasteiger partial charge in [0.05, 0.1) is 15.7 Å². The number of piperazine rings is 1. The van der Waals surface area contributed by atoms with E-state index in [0.29, 0.717) is 41.8 Å². The van der Waals surface area contributed by atoms with E-state index >= 15 is 0 Å². The summed E-state index contributed by atoms with van der Waals surface area (Å²) >= 11 is 11.8. The van der Waals surface area contributed by atoms with Crippen LogP contribution in [0.2, 0.25) is 10.0 Å². The van der Waals surface area contributed by atoms with Gasteiger partial charge in [0.25, 0.3) is 5.91 Å². The zero-order valence-electron chi connectivity index (χ0n) is 13.1. The molecule has 2 heterocycles. The van der Waals surface area contributed by atoms with E-state index in [1.54, 1.807) is 29.2 Å². The lowest BCUT2D eigenvalue weighted by Crippen LogP contribution is -2.48. The topological polar surface area (TPSA) is 79.6 Å². The van der Waals surface area contributed by atoms with Crippen LogP contribution in [0.3, 0.4) is 0 Å². The van der Waals surface area contributed by atoms with E-state index in [0.717, 1.165) is 5.69 Å². The van der Waals surface area contributed by atoms with Gasteiger partial charge in [-0.2, -0.15) is 0 Å². The molecule has 1 amide bonds. The van der Waals surface area contributed by atoms with Crippen LogP contribution < -0.4 is 4.90 Å². The number of pyridine rings is 1. The van der Waals surface area contributed by atoms with Crippen LogP contribution >= 0.6 is 23.2 Å². The smallest absolute Gasteiger partial charge is 0.363 e. The number of hydrogen-bond donors (Lipinski definition) is 0. The highest BCUT2D eigenvalue weighted by Crippen LogP contribution is 2.24. The van der Waals surface area contributed by atoms with Gasteiger partial charge >= 0.3 is 5.82 Å². The van der Waals surface area contributed by atoms with Crippen molar-refractivity contribution in [3.05, 3.63) is 62.3 Å². The van der Waals surface area contributed by atoms with Crippen LogP contribution in [0, 0.1) is 10.1 Å². The van der Waals surface area contributed by atoms with Gasteiger partial charge in [0.15, 0.2) is 6.20 Å². The number of benzene rings is 1. The van der Waals surface area contributed by atoms with Crippen LogP contribution in [0.15, 0.2) is 36.5 Å². The summed E-state index contributed by atoms with van der Waals surface area (Å²) in [7, 11) is 0. The highest BCUT2D eigenvalue weighted by atomic mass is 35.5. The van der Waals surface area contributed by atoms with Gasteiger partial charge in [0, 0.05) is 37.8 Å². The molecule has 0 atom stereocenters. The molecule has 1 saturated heterocycles. The number of anilines is 1. The molecule has 0 aliphatic carbocycles. The molecule has 0 unspecified atom stereocenters. The number of halogens is 2. The Morgan fingerprint density at radius 3 is 2.36 bits per heavy atom. The third-order valence-corrected chi connectivity index (χ3v) is 4.76. The first-order chi connectivity index (χ1) is 12.0. The molecule has 1 aliphatic rings. The standard InChI is InChI=1S/C16H14Cl2N4O3/c17-13-3-1-11(9-14(13)18)16(23)21-7-5-20(6-8-21)12-2-4-15(19-10-12)22(24)25/h1-4,9-10H,5-8H2. The lowest BCUT2D eigenvalue weighted by molar-refractivity contribution is -0.389. The molecule has 25 heavy (non-hydrogen) atoms. The molecule has 0 spiro atoms. The summed E-state index contributed by atoms with van der Waals surface area (Å²) in [5, 5.41) is 11.4. The minimum atomic E-state index is -0.530. The quantitative estimate of drug-likeness (QED) is 0.602. The molecule has 0 radical (unpaired) electrons. The Morgan fingerprint density at radius 2 is 1.80 bits per heavy atom. The van der Waals surface area contributed by atoms with E-state index in [1.807, 2.05) is 4.90 Å². The molecular formula is C16H14Cl2N4O3. The second kappa shape index (κ2) is 7.25. The van der Waals surface area contributed by atoms with E-state index < -0.39 is 4.92 Å². The fraction of sp³-hybridized carbons (Fsp3) is 0.250. The van der Waals surface area contributed by atoms with Gasteiger partial charge in [-0.1, -0.05) is 23.2 Å². The molecule has 1 fully saturated rings. The summed E-state index contributed by atoms with van der Waals surface area (Å²) < 4.78 is 0. The predicted octanol–water partition coefficient (Wildman–Crippen LogP) is 3.26. The van der Waals surface area contributed by atoms with Crippen LogP contribution in [-0.2, 0) is 0 Å². The average Bonchev–Trinajstić information content (AvgIpc) is 2.63. The Balaban J connectivity index is 1.64. The highest BCUT2D eigenvalue weighted by Gasteiger charge is 2.23. The van der Waals surface area contributed by atoms with Gasteiger partial charge in [-0.05, 0) is 34.2 Å². The minimum absolute atomic E-state index is 0.0972. The Morgan fingerprint density at radius 1 is 1.08 bits per heavy atom. The first kappa shape index (κ1) is 17.4. The second-order valence-corrected chi connectivity index (χ2v) is 6.35. The van der Waals surface area contributed by atoms with Crippen molar-refractivity contribution in [1.29, 1.82) is 0 Å². The van der Waals surface area contributed by atoms with E-state index in [2.05, 4.69) is 4.98 Å². The average molecular weight is 381 g/mol. The fourth-order valence-corrected chi connectivity index (χ4v) is 2.95. The maximum atomic E-state index is 12.5. The molecule has 7 nitrogen and oxygen atoms in total. The summed E-state index contributed by atoms with van der Waals surface area (Å²) in [6.07, 6.45) is 1.48. The van der Waals surface area contributed by atoms with Crippen LogP contribution in [-0.4, -0.2) is 46.9 Å². The number of aromatic nitrogens is 1. The van der Waals surface area contributed by atoms with Crippen molar-refractivity contribution in [3.63, 3.8) is 0 Å². The van der Waals surface area contributed by atoms with Crippen LogP contribution in [0.1, 0.15) is 10.4 Å². The number of carbonyl (C=O) groups is 1. The number of carbonyl (C=O) groups excluding carboxylic acids is 1. The third kappa shape index (κ3) is 3.83. The highest BCUT2D eigenvalue weighted by molar-refractivity contribution is 6.42. The molecule has 0 N–H and O–H groups in total. The zero-order chi connectivity index (χ0) is 18.0. The third-order valence-electron chi connectivity index (χ3n) is 4.02. The molecule has 0 bridgehead atoms. The minimum Gasteiger partial charge on any atom is -0.365 e. The maximum Gasteiger partial charge on any atom is 0.363 e. The molecule has 9 heteroatoms. The van der Waals surface area contributed by atoms with Gasteiger partial charge in [0.2, 0.25) is 0 Å². The summed E-state index contributed by atoms with van der Waals surface area (Å²) in [5.41, 5.74) is 1.30. The van der Waals surface area contributed by atoms with Gasteiger partial charge in [0.1, 0.15) is 0 Å². The molecular weight excluding hydrogens is 367 g/mol. The van der Waals surface area contributed by atoms with E-state index in [1.165, 1.54) is 12.3 Å². The number of rotatable bonds is 3. The Labute approximate surface area is 153 Å². The van der Waals surface area contributed by atoms with Crippen LogP contribution in [0.4, 0.5) is 11.5 Å². The van der Waals surface area contributed by atoms with Crippen molar-refractivity contribution >= 4 is 40.6 Å². The zero-order valence-corrected chi connectivity index (χ0v) is 14.6. The van der Waals surface area contributed by atoms with Crippen molar-refractivity contribution in [2.75, 3.05) is 31.1 Å². The summed E-state index contributed by atoms with van der Waals surface area (Å²) in [4.78, 5) is 30.3. The first-order valence-electron chi connectivity index (χ1n) is 7.55. The van der Waals surface area contributed by atoms with Gasteiger partial charge in [-0.3, -0.25) is 4.79 Å². The molecule has 3 rings (SSSR count). The van der Waals surface area contributed by atoms with Crippen LogP contribution in [0.5, 0.6) is 0 Å². The summed E-state index contributed by atoms with van der Waals surface area (Å²) in [6.45, 7) is 2.31. The molecule has 1 aliphatic heterocycles. The number of nitrogens with zero attached hydrogens (tertiary/aromatic N) is 4. The van der Waals surface area contributed by atoms with E-state index in [4.69, 9.17) is 23.2 Å². The molecule has 1 aromatic heterocycles. The number of hydrogen-bond acceptors (Lipinski definition) is 5. The maximum absolute atomic E-state index is 12.5. The SMILES string of the molecule is O=C(c1ccc(Cl)c(Cl)c1)N1CCN(c2ccc([N+](=O)[O-])nc2)CC1. The van der Waals surface area contributed by atoms with Crippen molar-refractivity contribution < 1.29 is 9.72 Å². The number of amides is 1. The largest absolute Gasteiger partial charge is 0.365 e. The van der Waals surface area contributed by atoms with E-state index in [-0.39, 0.29) is 11.7 Å². The van der Waals surface area contributed by atoms with Gasteiger partial charge in [-0.15, -0.1) is 0 Å². The second-order valence-electron chi connectivity index (χ2n) is 5.54. The molecule has 2 aromatic rings. The van der Waals surface area contributed by atoms with Crippen molar-refractivity contribution in [1.82, 2.24) is 9.88 Å². The molecule has 0 saturated carbocycles. The Bertz CT molecular complexity index is 806. The molecule has 130 valence electrons. The van der Waals surface area contributed by atoms with Crippen molar-refractivity contribution in [2.45, 2.75) is 0 Å². The Kier molecular flexibility index (Phi) is 5.06. The molecule has 1 aromatic carbocycles. The first-order valence-corrected chi connectivity index (χ1v) is 8.31. The number of nitro groups is 1. The van der Waals surface area contributed by atoms with Crippen molar-refractivity contribution in [3.8, 4) is 0 Å². The summed E-state index contributed by atoms with van der Waals surface area (Å²) in [6, 6.07) is 7.88. The van der Waals surface area contributed by atoms with Gasteiger partial charge < -0.3 is 19.9 Å². The van der Waals surface area contributed by atoms with Crippen LogP contribution in [0.25, 0.3) is 0 Å². The lowest BCUT2D eigenvalue weighted by atomic mass is 10.1. The lowest BCUT2D eigenvalue weighted by Gasteiger charge is -2.35. The van der Waals surface area contributed by atoms with Crippen molar-refractivity contribution in [2.24, 2.45) is 0 Å². The fourth-order valence-electron chi connectivity index (χ4n) is 2.65. The Hall–Kier alpha value is -2.38. The monoisotopic (exact) mass is 380 g/mol. The van der Waals surface area contributed by atoms with Gasteiger partial charge in [-0.25, -0.2) is 0 Å². The van der Waals surface area contributed by atoms with E-state index in [9.17, 15) is 14.9 Å². The normalized spacial score (nSPS) is 14.5. The summed E-state index contributed by atoms with van der Waals surface area (Å²) in [5.74, 6) is -0.280.